The summed E-state index contributed by atoms with van der Waals surface area (Å²) in [5, 5.41) is 3.38. The summed E-state index contributed by atoms with van der Waals surface area (Å²) in [6.07, 6.45) is 2.87. The first kappa shape index (κ1) is 14.2. The molecule has 114 valence electrons. The van der Waals surface area contributed by atoms with Gasteiger partial charge in [0.15, 0.2) is 11.5 Å². The maximum Gasteiger partial charge on any atom is 0.231 e. The zero-order chi connectivity index (χ0) is 14.7. The van der Waals surface area contributed by atoms with Crippen molar-refractivity contribution in [1.29, 1.82) is 0 Å². The van der Waals surface area contributed by atoms with E-state index < -0.39 is 0 Å². The van der Waals surface area contributed by atoms with Gasteiger partial charge < -0.3 is 19.7 Å². The van der Waals surface area contributed by atoms with E-state index in [4.69, 9.17) is 9.47 Å². The quantitative estimate of drug-likeness (QED) is 0.900. The van der Waals surface area contributed by atoms with Gasteiger partial charge in [-0.3, -0.25) is 4.79 Å². The average Bonchev–Trinajstić information content (AvgIpc) is 3.14. The third-order valence-electron chi connectivity index (χ3n) is 4.13. The summed E-state index contributed by atoms with van der Waals surface area (Å²) < 4.78 is 10.7. The number of nitrogens with one attached hydrogen (secondary N) is 1. The normalized spacial score (nSPS) is 19.8. The van der Waals surface area contributed by atoms with Crippen molar-refractivity contribution in [3.63, 3.8) is 0 Å². The van der Waals surface area contributed by atoms with E-state index in [0.29, 0.717) is 19.0 Å². The van der Waals surface area contributed by atoms with Crippen LogP contribution in [0.3, 0.4) is 0 Å². The van der Waals surface area contributed by atoms with Crippen LogP contribution in [0.1, 0.15) is 31.7 Å². The third-order valence-corrected chi connectivity index (χ3v) is 4.13. The van der Waals surface area contributed by atoms with E-state index in [2.05, 4.69) is 5.32 Å². The second-order valence-electron chi connectivity index (χ2n) is 5.59. The first-order valence-electron chi connectivity index (χ1n) is 7.66. The second-order valence-corrected chi connectivity index (χ2v) is 5.59. The minimum Gasteiger partial charge on any atom is -0.454 e. The summed E-state index contributed by atoms with van der Waals surface area (Å²) in [4.78, 5) is 14.3. The van der Waals surface area contributed by atoms with E-state index in [0.717, 1.165) is 36.6 Å². The third kappa shape index (κ3) is 3.29. The molecule has 1 atom stereocenters. The molecule has 21 heavy (non-hydrogen) atoms. The Bertz CT molecular complexity index is 512. The molecule has 5 nitrogen and oxygen atoms in total. The number of amides is 1. The monoisotopic (exact) mass is 290 g/mol. The highest BCUT2D eigenvalue weighted by Gasteiger charge is 2.21. The van der Waals surface area contributed by atoms with Crippen LogP contribution >= 0.6 is 0 Å². The fraction of sp³-hybridized carbons (Fsp3) is 0.562. The minimum atomic E-state index is 0.217. The number of carbonyl (C=O) groups excluding carboxylic acids is 1. The zero-order valence-electron chi connectivity index (χ0n) is 12.4. The molecule has 2 aliphatic heterocycles. The molecule has 1 aromatic rings. The molecule has 1 unspecified atom stereocenters. The van der Waals surface area contributed by atoms with Crippen molar-refractivity contribution in [3.8, 4) is 11.5 Å². The Morgan fingerprint density at radius 3 is 3.00 bits per heavy atom. The maximum absolute atomic E-state index is 12.4. The van der Waals surface area contributed by atoms with Crippen LogP contribution in [0.5, 0.6) is 11.5 Å². The molecular formula is C16H22N2O3. The fourth-order valence-electron chi connectivity index (χ4n) is 2.91. The molecule has 0 aromatic heterocycles. The van der Waals surface area contributed by atoms with E-state index in [-0.39, 0.29) is 12.7 Å². The van der Waals surface area contributed by atoms with Gasteiger partial charge in [-0.15, -0.1) is 0 Å². The highest BCUT2D eigenvalue weighted by atomic mass is 16.7. The van der Waals surface area contributed by atoms with Gasteiger partial charge in [-0.1, -0.05) is 6.07 Å². The Morgan fingerprint density at radius 2 is 2.24 bits per heavy atom. The first-order chi connectivity index (χ1) is 10.3. The highest BCUT2D eigenvalue weighted by molar-refractivity contribution is 5.76. The van der Waals surface area contributed by atoms with Crippen LogP contribution in [0, 0.1) is 0 Å². The molecule has 3 rings (SSSR count). The summed E-state index contributed by atoms with van der Waals surface area (Å²) >= 11 is 0. The highest BCUT2D eigenvalue weighted by Crippen LogP contribution is 2.32. The average molecular weight is 290 g/mol. The van der Waals surface area contributed by atoms with Crippen LogP contribution < -0.4 is 14.8 Å². The Balaban J connectivity index is 1.62. The van der Waals surface area contributed by atoms with Crippen molar-refractivity contribution in [2.45, 2.75) is 38.8 Å². The van der Waals surface area contributed by atoms with Crippen molar-refractivity contribution in [2.75, 3.05) is 19.9 Å². The number of benzene rings is 1. The van der Waals surface area contributed by atoms with Gasteiger partial charge in [0.25, 0.3) is 0 Å². The minimum absolute atomic E-state index is 0.217. The molecule has 1 fully saturated rings. The van der Waals surface area contributed by atoms with Gasteiger partial charge in [-0.2, -0.15) is 0 Å². The van der Waals surface area contributed by atoms with E-state index in [1.165, 1.54) is 6.42 Å². The lowest BCUT2D eigenvalue weighted by Crippen LogP contribution is -2.35. The lowest BCUT2D eigenvalue weighted by atomic mass is 10.1. The van der Waals surface area contributed by atoms with Gasteiger partial charge in [-0.25, -0.2) is 0 Å². The van der Waals surface area contributed by atoms with E-state index in [9.17, 15) is 4.79 Å². The van der Waals surface area contributed by atoms with Crippen molar-refractivity contribution in [3.05, 3.63) is 23.8 Å². The first-order valence-corrected chi connectivity index (χ1v) is 7.66. The Kier molecular flexibility index (Phi) is 4.29. The van der Waals surface area contributed by atoms with E-state index in [1.54, 1.807) is 0 Å². The van der Waals surface area contributed by atoms with Gasteiger partial charge in [0, 0.05) is 25.6 Å². The summed E-state index contributed by atoms with van der Waals surface area (Å²) in [6, 6.07) is 6.22. The van der Waals surface area contributed by atoms with Crippen molar-refractivity contribution >= 4 is 5.91 Å². The van der Waals surface area contributed by atoms with Gasteiger partial charge in [-0.05, 0) is 44.0 Å². The molecule has 0 bridgehead atoms. The molecule has 5 heteroatoms. The number of carbonyl (C=O) groups is 1. The van der Waals surface area contributed by atoms with E-state index >= 15 is 0 Å². The van der Waals surface area contributed by atoms with Crippen LogP contribution in [0.2, 0.25) is 0 Å². The summed E-state index contributed by atoms with van der Waals surface area (Å²) in [7, 11) is 0. The van der Waals surface area contributed by atoms with Crippen LogP contribution in [0.4, 0.5) is 0 Å². The lowest BCUT2D eigenvalue weighted by Gasteiger charge is -2.23. The Hall–Kier alpha value is -1.75. The Morgan fingerprint density at radius 1 is 1.38 bits per heavy atom. The van der Waals surface area contributed by atoms with Crippen molar-refractivity contribution in [2.24, 2.45) is 0 Å². The van der Waals surface area contributed by atoms with Crippen LogP contribution in [-0.4, -0.2) is 36.7 Å². The van der Waals surface area contributed by atoms with Gasteiger partial charge >= 0.3 is 0 Å². The second kappa shape index (κ2) is 6.35. The predicted molar refractivity (Wildman–Crippen MR) is 79.3 cm³/mol. The molecule has 1 aromatic carbocycles. The fourth-order valence-corrected chi connectivity index (χ4v) is 2.91. The molecule has 0 aliphatic carbocycles. The molecule has 2 aliphatic rings. The zero-order valence-corrected chi connectivity index (χ0v) is 12.4. The van der Waals surface area contributed by atoms with Crippen molar-refractivity contribution in [1.82, 2.24) is 10.2 Å². The standard InChI is InChI=1S/C16H22N2O3/c1-2-18(16(19)9-13-4-3-7-17-13)10-12-5-6-14-15(8-12)21-11-20-14/h5-6,8,13,17H,2-4,7,9-11H2,1H3. The smallest absolute Gasteiger partial charge is 0.231 e. The lowest BCUT2D eigenvalue weighted by molar-refractivity contribution is -0.132. The SMILES string of the molecule is CCN(Cc1ccc2c(c1)OCO2)C(=O)CC1CCCN1. The maximum atomic E-state index is 12.4. The molecule has 1 amide bonds. The van der Waals surface area contributed by atoms with Crippen LogP contribution in [0.25, 0.3) is 0 Å². The predicted octanol–water partition coefficient (Wildman–Crippen LogP) is 1.91. The molecule has 1 N–H and O–H groups in total. The molecule has 0 spiro atoms. The molecule has 1 saturated heterocycles. The topological polar surface area (TPSA) is 50.8 Å². The number of ether oxygens (including phenoxy) is 2. The van der Waals surface area contributed by atoms with Gasteiger partial charge in [0.05, 0.1) is 0 Å². The summed E-state index contributed by atoms with van der Waals surface area (Å²) in [5.41, 5.74) is 1.08. The molecule has 0 saturated carbocycles. The largest absolute Gasteiger partial charge is 0.454 e. The number of rotatable bonds is 5. The van der Waals surface area contributed by atoms with Gasteiger partial charge in [0.2, 0.25) is 12.7 Å². The number of hydrogen-bond donors (Lipinski definition) is 1. The molecular weight excluding hydrogens is 268 g/mol. The number of hydrogen-bond acceptors (Lipinski definition) is 4. The van der Waals surface area contributed by atoms with Crippen LogP contribution in [0.15, 0.2) is 18.2 Å². The number of nitrogens with zero attached hydrogens (tertiary/aromatic N) is 1. The van der Waals surface area contributed by atoms with E-state index in [1.807, 2.05) is 30.0 Å². The van der Waals surface area contributed by atoms with Crippen LogP contribution in [-0.2, 0) is 11.3 Å². The van der Waals surface area contributed by atoms with Crippen molar-refractivity contribution < 1.29 is 14.3 Å². The van der Waals surface area contributed by atoms with Gasteiger partial charge in [0.1, 0.15) is 0 Å². The summed E-state index contributed by atoms with van der Waals surface area (Å²) in [6.45, 7) is 4.68. The Labute approximate surface area is 125 Å². The summed E-state index contributed by atoms with van der Waals surface area (Å²) in [5.74, 6) is 1.77. The molecule has 2 heterocycles. The number of fused-ring (bicyclic) bond motifs is 1. The molecule has 0 radical (unpaired) electrons.